The number of carbonyl (C=O) groups is 2. The number of nitriles is 1. The molecule has 0 bridgehead atoms. The number of methoxy groups -OCH3 is 2. The Balaban J connectivity index is 2.55. The van der Waals surface area contributed by atoms with Gasteiger partial charge in [0.25, 0.3) is 0 Å². The quantitative estimate of drug-likeness (QED) is 0.565. The van der Waals surface area contributed by atoms with Crippen LogP contribution in [0.4, 0.5) is 18.9 Å². The molecule has 0 radical (unpaired) electrons. The van der Waals surface area contributed by atoms with E-state index in [9.17, 15) is 28.0 Å². The van der Waals surface area contributed by atoms with Crippen LogP contribution in [-0.4, -0.2) is 26.2 Å². The van der Waals surface area contributed by atoms with Gasteiger partial charge >= 0.3 is 18.1 Å². The zero-order valence-corrected chi connectivity index (χ0v) is 19.6. The molecule has 3 rings (SSSR count). The first kappa shape index (κ1) is 25.9. The number of carbonyl (C=O) groups excluding carboxylic acids is 2. The van der Waals surface area contributed by atoms with E-state index in [1.807, 2.05) is 6.07 Å². The molecule has 0 saturated heterocycles. The maximum atomic E-state index is 14.0. The first-order valence-corrected chi connectivity index (χ1v) is 10.5. The number of nitrogens with zero attached hydrogens (tertiary/aromatic N) is 2. The van der Waals surface area contributed by atoms with Gasteiger partial charge in [0.1, 0.15) is 11.5 Å². The molecule has 0 aromatic heterocycles. The van der Waals surface area contributed by atoms with Gasteiger partial charge < -0.3 is 15.2 Å². The van der Waals surface area contributed by atoms with Gasteiger partial charge in [0.15, 0.2) is 0 Å². The molecule has 0 aliphatic carbocycles. The van der Waals surface area contributed by atoms with E-state index in [0.717, 1.165) is 20.3 Å². The zero-order chi connectivity index (χ0) is 26.1. The third-order valence-corrected chi connectivity index (χ3v) is 6.00. The molecule has 1 atom stereocenters. The number of nitrogens with two attached hydrogens (primary N) is 1. The zero-order valence-electron chi connectivity index (χ0n) is 18.1. The Morgan fingerprint density at radius 3 is 2.17 bits per heavy atom. The molecule has 35 heavy (non-hydrogen) atoms. The molecule has 0 fully saturated rings. The third-order valence-electron chi connectivity index (χ3n) is 5.21. The van der Waals surface area contributed by atoms with Crippen LogP contribution < -0.4 is 10.6 Å². The van der Waals surface area contributed by atoms with Crippen LogP contribution >= 0.6 is 23.2 Å². The fourth-order valence-corrected chi connectivity index (χ4v) is 4.13. The summed E-state index contributed by atoms with van der Waals surface area (Å²) >= 11 is 12.2. The molecule has 182 valence electrons. The lowest BCUT2D eigenvalue weighted by Gasteiger charge is -2.37. The summed E-state index contributed by atoms with van der Waals surface area (Å²) in [5.74, 6) is -4.16. The SMILES string of the molecule is COC(=O)C1=C(C(=O)OC)N(c2c(C(F)(F)F)ccc(Cl)c2Cl)C(N)=C(C#N)C1c1ccccc1. The fraction of sp³-hybridized carbons (Fsp3) is 0.174. The molecule has 0 amide bonds. The minimum atomic E-state index is -4.99. The Kier molecular flexibility index (Phi) is 7.33. The smallest absolute Gasteiger partial charge is 0.418 e. The number of halogens is 5. The minimum absolute atomic E-state index is 0.296. The fourth-order valence-electron chi connectivity index (χ4n) is 3.73. The molecule has 2 aromatic carbocycles. The van der Waals surface area contributed by atoms with E-state index in [2.05, 4.69) is 0 Å². The summed E-state index contributed by atoms with van der Waals surface area (Å²) in [5, 5.41) is 9.06. The molecule has 12 heteroatoms. The Morgan fingerprint density at radius 1 is 1.06 bits per heavy atom. The highest BCUT2D eigenvalue weighted by Gasteiger charge is 2.46. The predicted octanol–water partition coefficient (Wildman–Crippen LogP) is 4.91. The highest BCUT2D eigenvalue weighted by atomic mass is 35.5. The van der Waals surface area contributed by atoms with Crippen molar-refractivity contribution in [1.29, 1.82) is 5.26 Å². The van der Waals surface area contributed by atoms with Crippen molar-refractivity contribution in [2.75, 3.05) is 19.1 Å². The topological polar surface area (TPSA) is 106 Å². The van der Waals surface area contributed by atoms with Crippen LogP contribution in [0.5, 0.6) is 0 Å². The Labute approximate surface area is 207 Å². The van der Waals surface area contributed by atoms with Crippen LogP contribution in [0.3, 0.4) is 0 Å². The average Bonchev–Trinajstić information content (AvgIpc) is 2.83. The third kappa shape index (κ3) is 4.52. The van der Waals surface area contributed by atoms with E-state index in [4.69, 9.17) is 38.4 Å². The Hall–Kier alpha value is -3.68. The van der Waals surface area contributed by atoms with Crippen molar-refractivity contribution in [3.8, 4) is 6.07 Å². The molecule has 0 spiro atoms. The van der Waals surface area contributed by atoms with E-state index >= 15 is 0 Å². The summed E-state index contributed by atoms with van der Waals surface area (Å²) in [6.07, 6.45) is -4.99. The van der Waals surface area contributed by atoms with E-state index in [1.54, 1.807) is 30.3 Å². The number of allylic oxidation sites excluding steroid dienone is 1. The molecule has 2 aromatic rings. The predicted molar refractivity (Wildman–Crippen MR) is 121 cm³/mol. The molecule has 1 aliphatic heterocycles. The molecule has 1 unspecified atom stereocenters. The van der Waals surface area contributed by atoms with Gasteiger partial charge in [-0.1, -0.05) is 53.5 Å². The van der Waals surface area contributed by atoms with Crippen molar-refractivity contribution in [3.05, 3.63) is 86.3 Å². The molecule has 0 saturated carbocycles. The van der Waals surface area contributed by atoms with Crippen molar-refractivity contribution < 1.29 is 32.2 Å². The second kappa shape index (κ2) is 9.90. The molecule has 1 aliphatic rings. The largest absolute Gasteiger partial charge is 0.466 e. The number of anilines is 1. The average molecular weight is 526 g/mol. The summed E-state index contributed by atoms with van der Waals surface area (Å²) in [6.45, 7) is 0. The number of benzene rings is 2. The van der Waals surface area contributed by atoms with Crippen LogP contribution in [0.1, 0.15) is 17.0 Å². The number of ether oxygens (including phenoxy) is 2. The van der Waals surface area contributed by atoms with E-state index < -0.39 is 57.4 Å². The maximum Gasteiger partial charge on any atom is 0.418 e. The van der Waals surface area contributed by atoms with Gasteiger partial charge in [-0.3, -0.25) is 4.90 Å². The normalized spacial score (nSPS) is 16.2. The maximum absolute atomic E-state index is 14.0. The monoisotopic (exact) mass is 525 g/mol. The lowest BCUT2D eigenvalue weighted by atomic mass is 9.80. The Bertz CT molecular complexity index is 1300. The number of hydrogen-bond donors (Lipinski definition) is 1. The van der Waals surface area contributed by atoms with Gasteiger partial charge in [-0.15, -0.1) is 0 Å². The first-order chi connectivity index (χ1) is 16.5. The molecule has 2 N–H and O–H groups in total. The summed E-state index contributed by atoms with van der Waals surface area (Å²) in [5.41, 5.74) is 2.89. The first-order valence-electron chi connectivity index (χ1n) is 9.70. The van der Waals surface area contributed by atoms with Gasteiger partial charge in [0.2, 0.25) is 0 Å². The summed E-state index contributed by atoms with van der Waals surface area (Å²) in [6, 6.07) is 11.4. The molecule has 1 heterocycles. The standard InChI is InChI=1S/C23H16Cl2F3N3O4/c1-34-21(32)16-15(11-6-4-3-5-7-11)12(10-29)20(30)31(19(16)22(33)35-2)18-13(23(26,27)28)8-9-14(24)17(18)25/h3-9,15H,30H2,1-2H3. The van der Waals surface area contributed by atoms with Crippen molar-refractivity contribution in [3.63, 3.8) is 0 Å². The number of hydrogen-bond acceptors (Lipinski definition) is 7. The van der Waals surface area contributed by atoms with Gasteiger partial charge in [0, 0.05) is 0 Å². The van der Waals surface area contributed by atoms with Crippen LogP contribution in [-0.2, 0) is 25.2 Å². The summed E-state index contributed by atoms with van der Waals surface area (Å²) in [7, 11) is 1.97. The summed E-state index contributed by atoms with van der Waals surface area (Å²) in [4.78, 5) is 26.6. The number of alkyl halides is 3. The molecular formula is C23H16Cl2F3N3O4. The van der Waals surface area contributed by atoms with Crippen LogP contribution in [0.2, 0.25) is 10.0 Å². The van der Waals surface area contributed by atoms with Gasteiger partial charge in [0.05, 0.1) is 58.6 Å². The lowest BCUT2D eigenvalue weighted by Crippen LogP contribution is -2.41. The van der Waals surface area contributed by atoms with Crippen LogP contribution in [0.25, 0.3) is 0 Å². The van der Waals surface area contributed by atoms with Crippen molar-refractivity contribution >= 4 is 40.8 Å². The van der Waals surface area contributed by atoms with E-state index in [0.29, 0.717) is 16.5 Å². The minimum Gasteiger partial charge on any atom is -0.466 e. The highest BCUT2D eigenvalue weighted by Crippen LogP contribution is 2.50. The summed E-state index contributed by atoms with van der Waals surface area (Å²) < 4.78 is 51.7. The van der Waals surface area contributed by atoms with E-state index in [-0.39, 0.29) is 10.6 Å². The van der Waals surface area contributed by atoms with Gasteiger partial charge in [-0.25, -0.2) is 9.59 Å². The molecular weight excluding hydrogens is 510 g/mol. The second-order valence-electron chi connectivity index (χ2n) is 7.09. The molecule has 7 nitrogen and oxygen atoms in total. The number of esters is 2. The van der Waals surface area contributed by atoms with Gasteiger partial charge in [-0.2, -0.15) is 18.4 Å². The number of rotatable bonds is 4. The van der Waals surface area contributed by atoms with E-state index in [1.165, 1.54) is 0 Å². The van der Waals surface area contributed by atoms with Crippen LogP contribution in [0.15, 0.2) is 65.1 Å². The van der Waals surface area contributed by atoms with Crippen molar-refractivity contribution in [1.82, 2.24) is 0 Å². The van der Waals surface area contributed by atoms with Crippen molar-refractivity contribution in [2.45, 2.75) is 12.1 Å². The van der Waals surface area contributed by atoms with Gasteiger partial charge in [-0.05, 0) is 17.7 Å². The highest BCUT2D eigenvalue weighted by molar-refractivity contribution is 6.44. The Morgan fingerprint density at radius 2 is 1.66 bits per heavy atom. The van der Waals surface area contributed by atoms with Crippen molar-refractivity contribution in [2.24, 2.45) is 5.73 Å². The van der Waals surface area contributed by atoms with Crippen LogP contribution in [0, 0.1) is 11.3 Å². The second-order valence-corrected chi connectivity index (χ2v) is 7.88. The lowest BCUT2D eigenvalue weighted by molar-refractivity contribution is -0.139.